The summed E-state index contributed by atoms with van der Waals surface area (Å²) in [5.74, 6) is 1.73. The number of aromatic nitrogens is 2. The number of nitrogens with zero attached hydrogens (tertiary/aromatic N) is 2. The highest BCUT2D eigenvalue weighted by atomic mass is 32.2. The van der Waals surface area contributed by atoms with Crippen molar-refractivity contribution < 1.29 is 4.21 Å². The molecule has 19 heavy (non-hydrogen) atoms. The SMILES string of the molecule is Cc1cc2c(NC(C)CCS(C)=O)nc(N)nc2s1. The first-order valence-electron chi connectivity index (χ1n) is 6.06. The van der Waals surface area contributed by atoms with Crippen molar-refractivity contribution in [3.8, 4) is 0 Å². The van der Waals surface area contributed by atoms with Crippen molar-refractivity contribution in [1.29, 1.82) is 0 Å². The number of fused-ring (bicyclic) bond motifs is 1. The van der Waals surface area contributed by atoms with Crippen LogP contribution < -0.4 is 11.1 Å². The Morgan fingerprint density at radius 1 is 1.53 bits per heavy atom. The summed E-state index contributed by atoms with van der Waals surface area (Å²) in [5, 5.41) is 4.34. The molecule has 2 atom stereocenters. The minimum Gasteiger partial charge on any atom is -0.368 e. The molecule has 0 bridgehead atoms. The summed E-state index contributed by atoms with van der Waals surface area (Å²) < 4.78 is 11.1. The van der Waals surface area contributed by atoms with Crippen molar-refractivity contribution >= 4 is 44.1 Å². The molecule has 0 aliphatic heterocycles. The monoisotopic (exact) mass is 298 g/mol. The van der Waals surface area contributed by atoms with Gasteiger partial charge in [0.05, 0.1) is 5.39 Å². The van der Waals surface area contributed by atoms with E-state index in [1.807, 2.05) is 6.92 Å². The van der Waals surface area contributed by atoms with Gasteiger partial charge in [0.25, 0.3) is 0 Å². The van der Waals surface area contributed by atoms with E-state index in [0.717, 1.165) is 22.5 Å². The van der Waals surface area contributed by atoms with Gasteiger partial charge in [-0.25, -0.2) is 4.98 Å². The van der Waals surface area contributed by atoms with Gasteiger partial charge in [-0.1, -0.05) is 0 Å². The first kappa shape index (κ1) is 14.2. The van der Waals surface area contributed by atoms with E-state index in [1.54, 1.807) is 17.6 Å². The molecule has 0 aliphatic carbocycles. The highest BCUT2D eigenvalue weighted by Gasteiger charge is 2.11. The standard InChI is InChI=1S/C12H18N4OS2/c1-7(4-5-19(3)17)14-10-9-6-8(2)18-11(9)16-12(13)15-10/h6-7H,4-5H2,1-3H3,(H3,13,14,15,16). The predicted octanol–water partition coefficient (Wildman–Crippen LogP) is 2.15. The Balaban J connectivity index is 2.21. The Kier molecular flexibility index (Phi) is 4.36. The Morgan fingerprint density at radius 2 is 2.26 bits per heavy atom. The lowest BCUT2D eigenvalue weighted by Crippen LogP contribution is -2.19. The summed E-state index contributed by atoms with van der Waals surface area (Å²) in [6, 6.07) is 2.26. The molecular weight excluding hydrogens is 280 g/mol. The fourth-order valence-corrected chi connectivity index (χ4v) is 3.39. The summed E-state index contributed by atoms with van der Waals surface area (Å²) in [6.07, 6.45) is 2.55. The van der Waals surface area contributed by atoms with E-state index < -0.39 is 10.8 Å². The second kappa shape index (κ2) is 5.83. The largest absolute Gasteiger partial charge is 0.368 e. The number of thiophene rings is 1. The zero-order chi connectivity index (χ0) is 14.0. The van der Waals surface area contributed by atoms with Crippen LogP contribution in [0.15, 0.2) is 6.07 Å². The number of aryl methyl sites for hydroxylation is 1. The highest BCUT2D eigenvalue weighted by molar-refractivity contribution is 7.84. The van der Waals surface area contributed by atoms with E-state index in [-0.39, 0.29) is 12.0 Å². The third-order valence-electron chi connectivity index (χ3n) is 2.75. The van der Waals surface area contributed by atoms with E-state index in [0.29, 0.717) is 5.75 Å². The maximum Gasteiger partial charge on any atom is 0.223 e. The maximum atomic E-state index is 11.1. The lowest BCUT2D eigenvalue weighted by atomic mass is 10.2. The minimum atomic E-state index is -0.767. The van der Waals surface area contributed by atoms with E-state index in [4.69, 9.17) is 5.73 Å². The normalized spacial score (nSPS) is 14.5. The molecule has 0 aromatic carbocycles. The topological polar surface area (TPSA) is 80.9 Å². The van der Waals surface area contributed by atoms with Crippen LogP contribution >= 0.6 is 11.3 Å². The van der Waals surface area contributed by atoms with Crippen molar-refractivity contribution in [2.75, 3.05) is 23.1 Å². The van der Waals surface area contributed by atoms with Crippen LogP contribution in [-0.4, -0.2) is 32.2 Å². The maximum absolute atomic E-state index is 11.1. The van der Waals surface area contributed by atoms with E-state index in [1.165, 1.54) is 4.88 Å². The van der Waals surface area contributed by atoms with Crippen LogP contribution in [0.4, 0.5) is 11.8 Å². The van der Waals surface area contributed by atoms with Crippen LogP contribution in [0.1, 0.15) is 18.2 Å². The number of anilines is 2. The summed E-state index contributed by atoms with van der Waals surface area (Å²) in [6.45, 7) is 4.09. The quantitative estimate of drug-likeness (QED) is 0.884. The van der Waals surface area contributed by atoms with Crippen molar-refractivity contribution in [2.45, 2.75) is 26.3 Å². The fourth-order valence-electron chi connectivity index (χ4n) is 1.82. The first-order chi connectivity index (χ1) is 8.95. The zero-order valence-corrected chi connectivity index (χ0v) is 12.9. The van der Waals surface area contributed by atoms with Crippen LogP contribution in [0, 0.1) is 6.92 Å². The van der Waals surface area contributed by atoms with Crippen molar-refractivity contribution in [1.82, 2.24) is 9.97 Å². The van der Waals surface area contributed by atoms with E-state index in [9.17, 15) is 4.21 Å². The Labute approximate surface area is 119 Å². The van der Waals surface area contributed by atoms with Crippen LogP contribution in [-0.2, 0) is 10.8 Å². The van der Waals surface area contributed by atoms with Crippen LogP contribution in [0.25, 0.3) is 10.2 Å². The van der Waals surface area contributed by atoms with Gasteiger partial charge >= 0.3 is 0 Å². The van der Waals surface area contributed by atoms with Crippen LogP contribution in [0.3, 0.4) is 0 Å². The van der Waals surface area contributed by atoms with Gasteiger partial charge in [0, 0.05) is 33.7 Å². The van der Waals surface area contributed by atoms with Gasteiger partial charge in [0.1, 0.15) is 10.6 Å². The van der Waals surface area contributed by atoms with Gasteiger partial charge in [-0.3, -0.25) is 4.21 Å². The van der Waals surface area contributed by atoms with Gasteiger partial charge in [-0.15, -0.1) is 11.3 Å². The van der Waals surface area contributed by atoms with Gasteiger partial charge < -0.3 is 11.1 Å². The second-order valence-electron chi connectivity index (χ2n) is 4.62. The molecule has 2 unspecified atom stereocenters. The number of hydrogen-bond acceptors (Lipinski definition) is 6. The van der Waals surface area contributed by atoms with E-state index >= 15 is 0 Å². The number of rotatable bonds is 5. The Morgan fingerprint density at radius 3 is 2.95 bits per heavy atom. The average molecular weight is 298 g/mol. The molecule has 2 heterocycles. The zero-order valence-electron chi connectivity index (χ0n) is 11.3. The number of nitrogens with one attached hydrogen (secondary N) is 1. The molecule has 0 saturated carbocycles. The number of nitrogens with two attached hydrogens (primary N) is 1. The highest BCUT2D eigenvalue weighted by Crippen LogP contribution is 2.29. The minimum absolute atomic E-state index is 0.196. The summed E-state index contributed by atoms with van der Waals surface area (Å²) >= 11 is 1.61. The molecule has 0 amide bonds. The molecule has 2 aromatic heterocycles. The lowest BCUT2D eigenvalue weighted by molar-refractivity contribution is 0.678. The third-order valence-corrected chi connectivity index (χ3v) is 4.51. The van der Waals surface area contributed by atoms with Crippen LogP contribution in [0.5, 0.6) is 0 Å². The summed E-state index contributed by atoms with van der Waals surface area (Å²) in [5.41, 5.74) is 5.73. The third kappa shape index (κ3) is 3.63. The fraction of sp³-hybridized carbons (Fsp3) is 0.500. The van der Waals surface area contributed by atoms with Gasteiger partial charge in [-0.2, -0.15) is 4.98 Å². The molecule has 0 spiro atoms. The molecule has 5 nitrogen and oxygen atoms in total. The Bertz CT molecular complexity index is 611. The van der Waals surface area contributed by atoms with Crippen molar-refractivity contribution in [2.24, 2.45) is 0 Å². The van der Waals surface area contributed by atoms with Crippen molar-refractivity contribution in [3.63, 3.8) is 0 Å². The lowest BCUT2D eigenvalue weighted by Gasteiger charge is -2.14. The molecule has 104 valence electrons. The molecule has 0 fully saturated rings. The number of hydrogen-bond donors (Lipinski definition) is 2. The average Bonchev–Trinajstić information content (AvgIpc) is 2.67. The molecule has 3 N–H and O–H groups in total. The molecule has 0 aliphatic rings. The van der Waals surface area contributed by atoms with Crippen molar-refractivity contribution in [3.05, 3.63) is 10.9 Å². The smallest absolute Gasteiger partial charge is 0.223 e. The molecule has 0 saturated heterocycles. The molecule has 2 rings (SSSR count). The summed E-state index contributed by atoms with van der Waals surface area (Å²) in [7, 11) is -0.767. The molecular formula is C12H18N4OS2. The number of nitrogen functional groups attached to an aromatic ring is 1. The predicted molar refractivity (Wildman–Crippen MR) is 83.2 cm³/mol. The molecule has 7 heteroatoms. The first-order valence-corrected chi connectivity index (χ1v) is 8.60. The molecule has 0 radical (unpaired) electrons. The van der Waals surface area contributed by atoms with Gasteiger partial charge in [0.2, 0.25) is 5.95 Å². The second-order valence-corrected chi connectivity index (χ2v) is 7.41. The Hall–Kier alpha value is -1.21. The van der Waals surface area contributed by atoms with E-state index in [2.05, 4.69) is 28.3 Å². The van der Waals surface area contributed by atoms with Gasteiger partial charge in [0.15, 0.2) is 0 Å². The van der Waals surface area contributed by atoms with Gasteiger partial charge in [-0.05, 0) is 26.3 Å². The van der Waals surface area contributed by atoms with Crippen LogP contribution in [0.2, 0.25) is 0 Å². The summed E-state index contributed by atoms with van der Waals surface area (Å²) in [4.78, 5) is 10.6. The molecule has 2 aromatic rings.